The predicted molar refractivity (Wildman–Crippen MR) is 226 cm³/mol. The van der Waals surface area contributed by atoms with Crippen LogP contribution in [0.4, 0.5) is 26.5 Å². The van der Waals surface area contributed by atoms with E-state index in [0.29, 0.717) is 20.9 Å². The Bertz CT molecular complexity index is 2710. The summed E-state index contributed by atoms with van der Waals surface area (Å²) >= 11 is 6.87. The van der Waals surface area contributed by atoms with Gasteiger partial charge in [-0.1, -0.05) is 31.4 Å². The van der Waals surface area contributed by atoms with E-state index >= 15 is 0 Å². The molecule has 0 radical (unpaired) electrons. The molecule has 0 saturated carbocycles. The molecule has 2 atom stereocenters. The Balaban J connectivity index is 0.000000229. The number of rotatable bonds is 12. The Morgan fingerprint density at radius 1 is 1.20 bits per heavy atom. The number of carbonyl (C=O) groups is 4. The Labute approximate surface area is 372 Å². The fraction of sp³-hybridized carbons (Fsp3) is 0.400. The van der Waals surface area contributed by atoms with E-state index in [9.17, 15) is 36.6 Å². The van der Waals surface area contributed by atoms with Gasteiger partial charge in [-0.05, 0) is 17.9 Å². The van der Waals surface area contributed by atoms with Crippen molar-refractivity contribution in [2.75, 3.05) is 50.4 Å². The third kappa shape index (κ3) is 13.0. The average molecular weight is 974 g/mol. The summed E-state index contributed by atoms with van der Waals surface area (Å²) in [5, 5.41) is 21.7. The van der Waals surface area contributed by atoms with Gasteiger partial charge in [-0.25, -0.2) is 23.7 Å². The van der Waals surface area contributed by atoms with Gasteiger partial charge >= 0.3 is 18.0 Å². The first-order valence-electron chi connectivity index (χ1n) is 18.1. The van der Waals surface area contributed by atoms with Crippen LogP contribution >= 0.6 is 30.5 Å². The number of ether oxygens (including phenoxy) is 3. The van der Waals surface area contributed by atoms with Crippen LogP contribution in [0.5, 0.6) is 17.5 Å². The molecule has 64 heavy (non-hydrogen) atoms. The molecule has 0 saturated heterocycles. The van der Waals surface area contributed by atoms with Gasteiger partial charge in [0.15, 0.2) is 30.0 Å². The Kier molecular flexibility index (Phi) is 16.2. The first kappa shape index (κ1) is 50.5. The molecule has 7 N–H and O–H groups in total. The number of methoxy groups -OCH3 is 2. The van der Waals surface area contributed by atoms with Gasteiger partial charge in [0.1, 0.15) is 28.9 Å². The molecule has 24 nitrogen and oxygen atoms in total. The lowest BCUT2D eigenvalue weighted by Gasteiger charge is -2.28. The van der Waals surface area contributed by atoms with Gasteiger partial charge in [-0.3, -0.25) is 29.1 Å². The first-order chi connectivity index (χ1) is 29.8. The molecule has 5 heterocycles. The van der Waals surface area contributed by atoms with E-state index in [1.54, 1.807) is 4.72 Å². The van der Waals surface area contributed by atoms with Gasteiger partial charge in [0.25, 0.3) is 15.9 Å². The molecule has 0 bridgehead atoms. The van der Waals surface area contributed by atoms with Gasteiger partial charge in [0, 0.05) is 50.4 Å². The van der Waals surface area contributed by atoms with Crippen molar-refractivity contribution in [2.24, 2.45) is 23.2 Å². The fourth-order valence-corrected chi connectivity index (χ4v) is 8.77. The standard InChI is InChI=1S/C18H17FN4O2S.C12H13ClN6O7S.C5H12NO4P/c1-4-5-22-13-7-12(11(19)6-14(13)25-9-16(22)24)20-17-23-10-18(2,3)8-15(23)21-26-17;1-19-9(7(10(20)21)8(13)17-19)27(23,24)18-12(22)16-11-14-5(25-2)4-6(15-11)26-3;1-11(9,10)3-2-4(6)5(7)8/h1,6-7H,5,8-10H2,2-3H3;4H,1-3H3,(H,20,21)(H2,14,15,16,18,22);4H,2-3,6H2,1H3,(H,7,8)(H,9,10). The molecule has 2 aliphatic rings. The number of nitrogens with two attached hydrogens (primary N) is 1. The minimum atomic E-state index is -4.64. The van der Waals surface area contributed by atoms with Crippen molar-refractivity contribution in [3.05, 3.63) is 45.4 Å². The zero-order chi connectivity index (χ0) is 47.9. The normalized spacial score (nSPS) is 15.3. The molecule has 0 aliphatic carbocycles. The lowest BCUT2D eigenvalue weighted by atomic mass is 9.92. The number of aromatic carboxylic acids is 1. The van der Waals surface area contributed by atoms with Crippen LogP contribution in [0.25, 0.3) is 0 Å². The lowest BCUT2D eigenvalue weighted by molar-refractivity contribution is -0.138. The molecule has 2 aliphatic heterocycles. The van der Waals surface area contributed by atoms with Crippen molar-refractivity contribution in [2.45, 2.75) is 44.3 Å². The van der Waals surface area contributed by atoms with Gasteiger partial charge in [-0.15, -0.1) is 6.42 Å². The summed E-state index contributed by atoms with van der Waals surface area (Å²) in [5.74, 6) is -0.0717. The number of carboxylic acids is 2. The number of aromatic nitrogens is 6. The van der Waals surface area contributed by atoms with Crippen molar-refractivity contribution in [3.8, 4) is 29.9 Å². The number of fused-ring (bicyclic) bond motifs is 2. The van der Waals surface area contributed by atoms with Crippen LogP contribution in [-0.4, -0.2) is 122 Å². The van der Waals surface area contributed by atoms with Gasteiger partial charge in [0.05, 0.1) is 32.5 Å². The van der Waals surface area contributed by atoms with Gasteiger partial charge in [-0.2, -0.15) is 27.9 Å². The number of terminal acetylenes is 1. The third-order valence-electron chi connectivity index (χ3n) is 8.58. The summed E-state index contributed by atoms with van der Waals surface area (Å²) in [4.78, 5) is 68.3. The van der Waals surface area contributed by atoms with Crippen molar-refractivity contribution in [1.29, 1.82) is 0 Å². The second-order valence-corrected chi connectivity index (χ2v) is 19.6. The molecule has 0 spiro atoms. The topological polar surface area (TPSA) is 335 Å². The van der Waals surface area contributed by atoms with E-state index in [1.165, 1.54) is 55.5 Å². The Morgan fingerprint density at radius 3 is 2.41 bits per heavy atom. The van der Waals surface area contributed by atoms with E-state index < -0.39 is 63.0 Å². The number of nitrogens with one attached hydrogen (secondary N) is 2. The molecule has 346 valence electrons. The number of benzene rings is 1. The van der Waals surface area contributed by atoms with Crippen LogP contribution < -0.4 is 39.7 Å². The zero-order valence-electron chi connectivity index (χ0n) is 34.7. The highest BCUT2D eigenvalue weighted by Gasteiger charge is 2.33. The molecule has 3 aromatic heterocycles. The number of aryl methyl sites for hydroxylation is 1. The van der Waals surface area contributed by atoms with Gasteiger partial charge in [0.2, 0.25) is 22.5 Å². The second kappa shape index (κ2) is 20.6. The second-order valence-electron chi connectivity index (χ2n) is 14.4. The maximum absolute atomic E-state index is 14.5. The van der Waals surface area contributed by atoms with Crippen LogP contribution in [0.3, 0.4) is 0 Å². The maximum Gasteiger partial charge on any atom is 0.341 e. The number of carboxylic acid groups (broad SMARTS) is 2. The van der Waals surface area contributed by atoms with E-state index in [2.05, 4.69) is 49.5 Å². The highest BCUT2D eigenvalue weighted by molar-refractivity contribution is 7.90. The van der Waals surface area contributed by atoms with Crippen LogP contribution in [-0.2, 0) is 44.2 Å². The molecule has 4 aromatic rings. The monoisotopic (exact) mass is 973 g/mol. The Hall–Kier alpha value is -6.17. The quantitative estimate of drug-likeness (QED) is 0.0874. The molecule has 2 unspecified atom stereocenters. The number of sulfonamides is 1. The van der Waals surface area contributed by atoms with Crippen molar-refractivity contribution in [3.63, 3.8) is 0 Å². The third-order valence-corrected chi connectivity index (χ3v) is 12.1. The minimum Gasteiger partial charge on any atom is -0.481 e. The fourth-order valence-electron chi connectivity index (χ4n) is 5.68. The molecular formula is C35H42ClFN11O13PS2. The summed E-state index contributed by atoms with van der Waals surface area (Å²) in [6.45, 7) is 6.24. The summed E-state index contributed by atoms with van der Waals surface area (Å²) in [6.07, 6.45) is 6.22. The smallest absolute Gasteiger partial charge is 0.341 e. The number of halogens is 2. The van der Waals surface area contributed by atoms with Crippen molar-refractivity contribution >= 4 is 81.7 Å². The summed E-state index contributed by atoms with van der Waals surface area (Å²) in [7, 11) is -3.96. The number of anilines is 2. The highest BCUT2D eigenvalue weighted by Crippen LogP contribution is 2.38. The molecular weight excluding hydrogens is 932 g/mol. The van der Waals surface area contributed by atoms with Crippen molar-refractivity contribution in [1.82, 2.24) is 33.4 Å². The predicted octanol–water partition coefficient (Wildman–Crippen LogP) is 2.03. The van der Waals surface area contributed by atoms with Crippen LogP contribution in [0.15, 0.2) is 28.2 Å². The number of hydrogen-bond acceptors (Lipinski definition) is 17. The first-order valence-corrected chi connectivity index (χ1v) is 23.1. The van der Waals surface area contributed by atoms with E-state index in [-0.39, 0.29) is 60.5 Å². The molecule has 1 aromatic carbocycles. The molecule has 29 heteroatoms. The number of urea groups is 1. The largest absolute Gasteiger partial charge is 0.481 e. The molecule has 0 fully saturated rings. The van der Waals surface area contributed by atoms with Crippen LogP contribution in [0.1, 0.15) is 36.5 Å². The van der Waals surface area contributed by atoms with Crippen molar-refractivity contribution < 1.29 is 65.9 Å². The van der Waals surface area contributed by atoms with E-state index in [0.717, 1.165) is 25.8 Å². The lowest BCUT2D eigenvalue weighted by Crippen LogP contribution is -2.39. The zero-order valence-corrected chi connectivity index (χ0v) is 38.0. The SMILES string of the molecule is C#CCN1C(=O)COc2cc(F)c(N=c3snc4n3CC(C)(C)C4)cc21.COc1cc(OC)nc(NC(=O)NS(=O)(=O)c2c(C(=O)O)c(Cl)nn2C)n1.CP(=O)(O)CCC(N)C(=O)O. The van der Waals surface area contributed by atoms with Crippen LogP contribution in [0.2, 0.25) is 5.15 Å². The van der Waals surface area contributed by atoms with Gasteiger partial charge < -0.3 is 39.6 Å². The number of hydrogen-bond donors (Lipinski definition) is 6. The number of aliphatic carboxylic acids is 1. The number of nitrogens with zero attached hydrogens (tertiary/aromatic N) is 8. The Morgan fingerprint density at radius 2 is 1.84 bits per heavy atom. The van der Waals surface area contributed by atoms with Crippen LogP contribution in [0, 0.1) is 23.6 Å². The number of amides is 3. The van der Waals surface area contributed by atoms with E-state index in [4.69, 9.17) is 53.1 Å². The average Bonchev–Trinajstić information content (AvgIpc) is 3.83. The van der Waals surface area contributed by atoms with E-state index in [1.807, 2.05) is 4.57 Å². The molecule has 6 rings (SSSR count). The maximum atomic E-state index is 14.5. The summed E-state index contributed by atoms with van der Waals surface area (Å²) in [6, 6.07) is 1.79. The highest BCUT2D eigenvalue weighted by atomic mass is 35.5. The summed E-state index contributed by atoms with van der Waals surface area (Å²) < 4.78 is 73.9. The number of carbonyl (C=O) groups excluding carboxylic acids is 2. The summed E-state index contributed by atoms with van der Waals surface area (Å²) in [5.41, 5.74) is 4.99. The minimum absolute atomic E-state index is 0.0412. The molecule has 3 amide bonds.